The molecule has 0 radical (unpaired) electrons. The Morgan fingerprint density at radius 1 is 1.10 bits per heavy atom. The Kier molecular flexibility index (Phi) is 8.92. The SMILES string of the molecule is Cl.Cl.Clc1ccc([C@H](C2CCCCC2)N2CCNCC2)s1. The minimum absolute atomic E-state index is 0. The highest BCUT2D eigenvalue weighted by molar-refractivity contribution is 7.16. The molecule has 6 heteroatoms. The lowest BCUT2D eigenvalue weighted by Crippen LogP contribution is -2.47. The molecule has 21 heavy (non-hydrogen) atoms. The molecule has 1 aliphatic heterocycles. The van der Waals surface area contributed by atoms with Gasteiger partial charge in [0.05, 0.1) is 4.34 Å². The summed E-state index contributed by atoms with van der Waals surface area (Å²) in [5, 5.41) is 3.46. The third-order valence-corrected chi connectivity index (χ3v) is 5.83. The second-order valence-electron chi connectivity index (χ2n) is 5.77. The Morgan fingerprint density at radius 3 is 2.33 bits per heavy atom. The first-order chi connectivity index (χ1) is 9.34. The molecule has 1 aromatic heterocycles. The molecular weight excluding hydrogens is 347 g/mol. The summed E-state index contributed by atoms with van der Waals surface area (Å²) in [4.78, 5) is 4.17. The van der Waals surface area contributed by atoms with Gasteiger partial charge in [0.15, 0.2) is 0 Å². The summed E-state index contributed by atoms with van der Waals surface area (Å²) in [6.45, 7) is 4.61. The molecule has 2 heterocycles. The van der Waals surface area contributed by atoms with Crippen LogP contribution >= 0.6 is 47.8 Å². The Bertz CT molecular complexity index is 383. The number of nitrogens with zero attached hydrogens (tertiary/aromatic N) is 1. The van der Waals surface area contributed by atoms with E-state index in [4.69, 9.17) is 11.6 Å². The van der Waals surface area contributed by atoms with Crippen molar-refractivity contribution in [2.75, 3.05) is 26.2 Å². The van der Waals surface area contributed by atoms with E-state index in [1.807, 2.05) is 0 Å². The standard InChI is InChI=1S/C15H23ClN2S.2ClH/c16-14-7-6-13(19-14)15(12-4-2-1-3-5-12)18-10-8-17-9-11-18;;/h6-7,12,15,17H,1-5,8-11H2;2*1H/t15-;;/m0../s1. The van der Waals surface area contributed by atoms with Gasteiger partial charge in [-0.1, -0.05) is 30.9 Å². The summed E-state index contributed by atoms with van der Waals surface area (Å²) in [5.74, 6) is 0.835. The molecule has 2 nitrogen and oxygen atoms in total. The van der Waals surface area contributed by atoms with Gasteiger partial charge in [-0.15, -0.1) is 36.2 Å². The van der Waals surface area contributed by atoms with Gasteiger partial charge in [0, 0.05) is 37.1 Å². The van der Waals surface area contributed by atoms with Crippen molar-refractivity contribution in [3.05, 3.63) is 21.3 Å². The van der Waals surface area contributed by atoms with Crippen molar-refractivity contribution >= 4 is 47.8 Å². The fourth-order valence-electron chi connectivity index (χ4n) is 3.61. The lowest BCUT2D eigenvalue weighted by Gasteiger charge is -2.40. The minimum atomic E-state index is 0. The van der Waals surface area contributed by atoms with Crippen LogP contribution in [0.3, 0.4) is 0 Å². The second-order valence-corrected chi connectivity index (χ2v) is 7.52. The van der Waals surface area contributed by atoms with Crippen molar-refractivity contribution in [1.82, 2.24) is 10.2 Å². The Morgan fingerprint density at radius 2 is 1.76 bits per heavy atom. The lowest BCUT2D eigenvalue weighted by atomic mass is 9.82. The van der Waals surface area contributed by atoms with Crippen molar-refractivity contribution in [2.24, 2.45) is 5.92 Å². The van der Waals surface area contributed by atoms with E-state index in [1.165, 1.54) is 50.1 Å². The number of nitrogens with one attached hydrogen (secondary N) is 1. The van der Waals surface area contributed by atoms with Crippen molar-refractivity contribution < 1.29 is 0 Å². The summed E-state index contributed by atoms with van der Waals surface area (Å²) in [7, 11) is 0. The van der Waals surface area contributed by atoms with Crippen LogP contribution in [0.15, 0.2) is 12.1 Å². The zero-order valence-electron chi connectivity index (χ0n) is 12.2. The highest BCUT2D eigenvalue weighted by Gasteiger charge is 2.31. The van der Waals surface area contributed by atoms with Gasteiger partial charge in [-0.25, -0.2) is 0 Å². The van der Waals surface area contributed by atoms with E-state index in [0.29, 0.717) is 6.04 Å². The van der Waals surface area contributed by atoms with Crippen LogP contribution in [0.2, 0.25) is 4.34 Å². The number of hydrogen-bond acceptors (Lipinski definition) is 3. The van der Waals surface area contributed by atoms with Gasteiger partial charge in [0.2, 0.25) is 0 Å². The topological polar surface area (TPSA) is 15.3 Å². The maximum atomic E-state index is 6.17. The van der Waals surface area contributed by atoms with Gasteiger partial charge >= 0.3 is 0 Å². The molecule has 0 unspecified atom stereocenters. The summed E-state index contributed by atoms with van der Waals surface area (Å²) in [5.41, 5.74) is 0. The third-order valence-electron chi connectivity index (χ3n) is 4.53. The molecule has 1 atom stereocenters. The maximum Gasteiger partial charge on any atom is 0.0931 e. The van der Waals surface area contributed by atoms with E-state index in [-0.39, 0.29) is 24.8 Å². The highest BCUT2D eigenvalue weighted by atomic mass is 35.5. The molecule has 3 rings (SSSR count). The monoisotopic (exact) mass is 370 g/mol. The van der Waals surface area contributed by atoms with Gasteiger partial charge in [0.1, 0.15) is 0 Å². The normalized spacial score (nSPS) is 22.1. The lowest BCUT2D eigenvalue weighted by molar-refractivity contribution is 0.106. The molecule has 1 saturated carbocycles. The zero-order chi connectivity index (χ0) is 13.1. The molecule has 0 bridgehead atoms. The molecule has 122 valence electrons. The third kappa shape index (κ3) is 4.98. The molecule has 1 aromatic rings. The van der Waals surface area contributed by atoms with Crippen molar-refractivity contribution in [3.63, 3.8) is 0 Å². The average Bonchev–Trinajstić information content (AvgIpc) is 2.88. The van der Waals surface area contributed by atoms with Crippen LogP contribution in [-0.4, -0.2) is 31.1 Å². The van der Waals surface area contributed by atoms with E-state index in [0.717, 1.165) is 23.3 Å². The maximum absolute atomic E-state index is 6.17. The highest BCUT2D eigenvalue weighted by Crippen LogP contribution is 2.41. The van der Waals surface area contributed by atoms with E-state index in [9.17, 15) is 0 Å². The molecule has 0 amide bonds. The number of piperazine rings is 1. The molecule has 0 spiro atoms. The van der Waals surface area contributed by atoms with Gasteiger partial charge < -0.3 is 5.32 Å². The van der Waals surface area contributed by atoms with Gasteiger partial charge in [-0.05, 0) is 30.9 Å². The van der Waals surface area contributed by atoms with E-state index >= 15 is 0 Å². The number of halogens is 3. The minimum Gasteiger partial charge on any atom is -0.314 e. The van der Waals surface area contributed by atoms with Crippen LogP contribution in [0.1, 0.15) is 43.0 Å². The number of thiophene rings is 1. The Labute approximate surface area is 149 Å². The molecular formula is C15H25Cl3N2S. The van der Waals surface area contributed by atoms with Gasteiger partial charge in [0.25, 0.3) is 0 Å². The molecule has 0 aromatic carbocycles. The first-order valence-corrected chi connectivity index (χ1v) is 8.74. The van der Waals surface area contributed by atoms with Crippen LogP contribution in [0.25, 0.3) is 0 Å². The molecule has 1 aliphatic carbocycles. The predicted octanol–water partition coefficient (Wildman–Crippen LogP) is 4.77. The zero-order valence-corrected chi connectivity index (χ0v) is 15.4. The largest absolute Gasteiger partial charge is 0.314 e. The van der Waals surface area contributed by atoms with Gasteiger partial charge in [-0.3, -0.25) is 4.90 Å². The molecule has 1 N–H and O–H groups in total. The van der Waals surface area contributed by atoms with Crippen LogP contribution in [0, 0.1) is 5.92 Å². The second kappa shape index (κ2) is 9.59. The van der Waals surface area contributed by atoms with E-state index in [1.54, 1.807) is 11.3 Å². The average molecular weight is 372 g/mol. The van der Waals surface area contributed by atoms with Crippen LogP contribution in [0.5, 0.6) is 0 Å². The van der Waals surface area contributed by atoms with Crippen molar-refractivity contribution in [3.8, 4) is 0 Å². The number of hydrogen-bond donors (Lipinski definition) is 1. The van der Waals surface area contributed by atoms with Crippen LogP contribution < -0.4 is 5.32 Å². The van der Waals surface area contributed by atoms with Crippen molar-refractivity contribution in [2.45, 2.75) is 38.1 Å². The molecule has 2 fully saturated rings. The van der Waals surface area contributed by atoms with Crippen LogP contribution in [-0.2, 0) is 0 Å². The smallest absolute Gasteiger partial charge is 0.0931 e. The van der Waals surface area contributed by atoms with E-state index in [2.05, 4.69) is 22.3 Å². The summed E-state index contributed by atoms with van der Waals surface area (Å²) in [6.07, 6.45) is 7.03. The van der Waals surface area contributed by atoms with Gasteiger partial charge in [-0.2, -0.15) is 0 Å². The quantitative estimate of drug-likeness (QED) is 0.823. The van der Waals surface area contributed by atoms with E-state index < -0.39 is 0 Å². The summed E-state index contributed by atoms with van der Waals surface area (Å²) < 4.78 is 0.936. The first kappa shape index (κ1) is 19.5. The Balaban J connectivity index is 0.00000110. The molecule has 1 saturated heterocycles. The fourth-order valence-corrected chi connectivity index (χ4v) is 4.90. The molecule has 2 aliphatic rings. The number of rotatable bonds is 3. The van der Waals surface area contributed by atoms with Crippen LogP contribution in [0.4, 0.5) is 0 Å². The van der Waals surface area contributed by atoms with Crippen molar-refractivity contribution in [1.29, 1.82) is 0 Å². The Hall–Kier alpha value is 0.490. The fraction of sp³-hybridized carbons (Fsp3) is 0.733. The summed E-state index contributed by atoms with van der Waals surface area (Å²) >= 11 is 7.96. The summed E-state index contributed by atoms with van der Waals surface area (Å²) in [6, 6.07) is 4.94. The predicted molar refractivity (Wildman–Crippen MR) is 97.6 cm³/mol. The first-order valence-electron chi connectivity index (χ1n) is 7.54.